The highest BCUT2D eigenvalue weighted by Gasteiger charge is 2.32. The number of aliphatic hydroxyl groups excluding tert-OH is 1. The second-order valence-electron chi connectivity index (χ2n) is 27.7. The van der Waals surface area contributed by atoms with Crippen LogP contribution in [0.4, 0.5) is 19.2 Å². The summed E-state index contributed by atoms with van der Waals surface area (Å²) in [6, 6.07) is -4.06. The predicted molar refractivity (Wildman–Crippen MR) is 367 cm³/mol. The SMILES string of the molecule is CC(C)[C@H](NC(=O)OC(C)(C)C)C(=O)O.CC(C)[C@H](NC(=O)OC(C)(C)C)C(=O)OCCO.CC(C)[C@H](NC(=O)OC(C)(C)C)C(=O)OCCOC1CCCCO1.COC(=O)/C=C/C(=O)OCCOC(=O)[C@@H](N)C(C)C.COC(=O)/C=C/C(=O)OCCOC(=O)[C@@H](NC(=O)OC(C)(C)C)C(C)C. The van der Waals surface area contributed by atoms with Crippen molar-refractivity contribution in [3.63, 3.8) is 0 Å². The van der Waals surface area contributed by atoms with Crippen LogP contribution < -0.4 is 27.0 Å². The molecule has 1 heterocycles. The van der Waals surface area contributed by atoms with Crippen molar-refractivity contribution in [2.75, 3.05) is 73.7 Å². The molecular formula is C68H119N5O29. The maximum Gasteiger partial charge on any atom is 0.408 e. The molecule has 1 rings (SSSR count). The molecule has 1 saturated heterocycles. The summed E-state index contributed by atoms with van der Waals surface area (Å²) in [5.41, 5.74) is 2.99. The molecule has 1 fully saturated rings. The monoisotopic (exact) mass is 1470 g/mol. The lowest BCUT2D eigenvalue weighted by molar-refractivity contribution is -0.174. The predicted octanol–water partition coefficient (Wildman–Crippen LogP) is 6.45. The molecule has 34 nitrogen and oxygen atoms in total. The van der Waals surface area contributed by atoms with Gasteiger partial charge in [-0.1, -0.05) is 69.2 Å². The van der Waals surface area contributed by atoms with Crippen LogP contribution in [0.3, 0.4) is 0 Å². The molecule has 6 atom stereocenters. The molecule has 4 amide bonds. The lowest BCUT2D eigenvalue weighted by atomic mass is 10.1. The van der Waals surface area contributed by atoms with E-state index in [2.05, 4.69) is 35.5 Å². The van der Waals surface area contributed by atoms with Gasteiger partial charge in [0.05, 0.1) is 27.4 Å². The molecule has 0 bridgehead atoms. The number of esters is 8. The van der Waals surface area contributed by atoms with E-state index in [1.54, 1.807) is 138 Å². The molecule has 590 valence electrons. The number of ether oxygens (including phenoxy) is 14. The van der Waals surface area contributed by atoms with Crippen LogP contribution in [0.2, 0.25) is 0 Å². The van der Waals surface area contributed by atoms with Crippen LogP contribution in [0.1, 0.15) is 172 Å². The normalized spacial score (nSPS) is 14.4. The van der Waals surface area contributed by atoms with Gasteiger partial charge in [-0.3, -0.25) is 4.79 Å². The molecule has 1 aliphatic rings. The van der Waals surface area contributed by atoms with E-state index < -0.39 is 131 Å². The van der Waals surface area contributed by atoms with Gasteiger partial charge in [0.15, 0.2) is 6.29 Å². The van der Waals surface area contributed by atoms with Crippen LogP contribution >= 0.6 is 0 Å². The summed E-state index contributed by atoms with van der Waals surface area (Å²) in [6.07, 6.45) is 3.73. The van der Waals surface area contributed by atoms with Gasteiger partial charge < -0.3 is 104 Å². The molecule has 102 heavy (non-hydrogen) atoms. The standard InChI is InChI=1S/C17H27NO8.C17H31NO6.C12H19NO6.C12H23NO5.C10H19NO4/c1-11(2)14(18-16(22)26-17(3,4)5)15(21)25-10-9-24-13(20)8-7-12(19)23-6;1-12(2)14(18-16(20)24-17(3,4)5)15(19)23-11-10-22-13-8-6-7-9-21-13;1-8(2)11(13)12(16)19-7-6-18-10(15)5-4-9(14)17-3;1-8(2)9(10(15)17-7-6-14)13-11(16)18-12(3,4)5;1-6(2)7(8(12)13)11-9(14)15-10(3,4)5/h7-8,11,14H,9-10H2,1-6H3,(H,18,22);12-14H,6-11H2,1-5H3,(H,18,20);4-5,8,11H,6-7,13H2,1-3H3;8-9,14H,6-7H2,1-5H3,(H,13,16);6-7H,1-5H3,(H,11,14)(H,12,13)/b8-7+;;5-4+;;/t14-;13?,14-;11-;9-;7-/m00000/s1. The number of carboxylic acid groups (broad SMARTS) is 1. The number of carbonyl (C=O) groups excluding carboxylic acids is 12. The van der Waals surface area contributed by atoms with Crippen molar-refractivity contribution in [3.8, 4) is 0 Å². The van der Waals surface area contributed by atoms with Crippen molar-refractivity contribution in [2.45, 2.75) is 230 Å². The van der Waals surface area contributed by atoms with Crippen LogP contribution in [0.5, 0.6) is 0 Å². The third kappa shape index (κ3) is 57.3. The van der Waals surface area contributed by atoms with Crippen molar-refractivity contribution in [3.05, 3.63) is 24.3 Å². The Labute approximate surface area is 600 Å². The van der Waals surface area contributed by atoms with E-state index in [-0.39, 0.29) is 88.7 Å². The van der Waals surface area contributed by atoms with Gasteiger partial charge in [0.2, 0.25) is 0 Å². The van der Waals surface area contributed by atoms with Crippen LogP contribution in [-0.2, 0) is 109 Å². The van der Waals surface area contributed by atoms with Gasteiger partial charge in [-0.15, -0.1) is 0 Å². The summed E-state index contributed by atoms with van der Waals surface area (Å²) < 4.78 is 69.1. The Hall–Kier alpha value is -8.37. The van der Waals surface area contributed by atoms with Crippen LogP contribution in [-0.4, -0.2) is 221 Å². The smallest absolute Gasteiger partial charge is 0.408 e. The summed E-state index contributed by atoms with van der Waals surface area (Å²) in [5, 5.41) is 27.2. The molecule has 8 N–H and O–H groups in total. The highest BCUT2D eigenvalue weighted by atomic mass is 16.7. The van der Waals surface area contributed by atoms with E-state index in [4.69, 9.17) is 68.1 Å². The zero-order valence-electron chi connectivity index (χ0n) is 64.1. The summed E-state index contributed by atoms with van der Waals surface area (Å²) in [6.45, 7) is 38.7. The molecular weight excluding hydrogens is 1350 g/mol. The van der Waals surface area contributed by atoms with E-state index >= 15 is 0 Å². The third-order valence-corrected chi connectivity index (χ3v) is 11.7. The molecule has 0 spiro atoms. The number of amides is 4. The lowest BCUT2D eigenvalue weighted by Crippen LogP contribution is -2.47. The summed E-state index contributed by atoms with van der Waals surface area (Å²) in [4.78, 5) is 148. The highest BCUT2D eigenvalue weighted by molar-refractivity contribution is 5.92. The fourth-order valence-corrected chi connectivity index (χ4v) is 6.77. The van der Waals surface area contributed by atoms with Gasteiger partial charge in [0.25, 0.3) is 0 Å². The van der Waals surface area contributed by atoms with Crippen LogP contribution in [0.15, 0.2) is 24.3 Å². The van der Waals surface area contributed by atoms with Gasteiger partial charge >= 0.3 is 78.1 Å². The Bertz CT molecular complexity index is 2610. The number of hydrogen-bond donors (Lipinski definition) is 7. The second kappa shape index (κ2) is 52.6. The number of carboxylic acids is 1. The first-order chi connectivity index (χ1) is 46.8. The summed E-state index contributed by atoms with van der Waals surface area (Å²) >= 11 is 0. The number of rotatable bonds is 30. The van der Waals surface area contributed by atoms with Gasteiger partial charge in [0.1, 0.15) is 92.3 Å². The molecule has 1 unspecified atom stereocenters. The highest BCUT2D eigenvalue weighted by Crippen LogP contribution is 2.16. The zero-order chi connectivity index (χ0) is 79.9. The topological polar surface area (TPSA) is 466 Å². The number of methoxy groups -OCH3 is 2. The minimum absolute atomic E-state index is 0.0296. The van der Waals surface area contributed by atoms with Crippen molar-refractivity contribution < 1.29 is 139 Å². The first-order valence-electron chi connectivity index (χ1n) is 33.2. The zero-order valence-corrected chi connectivity index (χ0v) is 64.1. The lowest BCUT2D eigenvalue weighted by Gasteiger charge is -2.25. The number of alkyl carbamates (subject to hydrolysis) is 4. The Morgan fingerprint density at radius 3 is 0.961 bits per heavy atom. The summed E-state index contributed by atoms with van der Waals surface area (Å²) in [7, 11) is 2.36. The summed E-state index contributed by atoms with van der Waals surface area (Å²) in [5.74, 6) is -6.92. The quantitative estimate of drug-likeness (QED) is 0.0176. The molecule has 34 heteroatoms. The number of carbonyl (C=O) groups is 13. The minimum atomic E-state index is -1.06. The van der Waals surface area contributed by atoms with E-state index in [1.165, 1.54) is 14.2 Å². The van der Waals surface area contributed by atoms with Crippen molar-refractivity contribution in [2.24, 2.45) is 35.3 Å². The fourth-order valence-electron chi connectivity index (χ4n) is 6.77. The number of hydrogen-bond acceptors (Lipinski definition) is 29. The average Bonchev–Trinajstić information content (AvgIpc) is 0.903. The van der Waals surface area contributed by atoms with E-state index in [1.807, 2.05) is 13.8 Å². The molecule has 0 saturated carbocycles. The van der Waals surface area contributed by atoms with Gasteiger partial charge in [-0.25, -0.2) is 57.5 Å². The maximum atomic E-state index is 12.2. The first kappa shape index (κ1) is 100. The Morgan fingerprint density at radius 2 is 0.696 bits per heavy atom. The van der Waals surface area contributed by atoms with Crippen molar-refractivity contribution in [1.29, 1.82) is 0 Å². The molecule has 0 aromatic carbocycles. The number of aliphatic hydroxyl groups is 1. The van der Waals surface area contributed by atoms with Crippen molar-refractivity contribution in [1.82, 2.24) is 21.3 Å². The second-order valence-corrected chi connectivity index (χ2v) is 27.7. The maximum absolute atomic E-state index is 12.2. The average molecular weight is 1470 g/mol. The van der Waals surface area contributed by atoms with Gasteiger partial charge in [0, 0.05) is 30.9 Å². The minimum Gasteiger partial charge on any atom is -0.480 e. The number of nitrogens with one attached hydrogen (secondary N) is 4. The third-order valence-electron chi connectivity index (χ3n) is 11.7. The number of aliphatic carboxylic acids is 1. The first-order valence-corrected chi connectivity index (χ1v) is 33.2. The molecule has 1 aliphatic heterocycles. The van der Waals surface area contributed by atoms with Crippen LogP contribution in [0.25, 0.3) is 0 Å². The van der Waals surface area contributed by atoms with Gasteiger partial charge in [-0.05, 0) is 132 Å². The van der Waals surface area contributed by atoms with E-state index in [9.17, 15) is 62.3 Å². The van der Waals surface area contributed by atoms with Crippen molar-refractivity contribution >= 4 is 78.1 Å². The molecule has 0 aromatic rings. The van der Waals surface area contributed by atoms with Crippen LogP contribution in [0, 0.1) is 29.6 Å². The largest absolute Gasteiger partial charge is 0.480 e. The Balaban J connectivity index is -0.000000596. The Kier molecular flexibility index (Phi) is 51.5. The fraction of sp³-hybridized carbons (Fsp3) is 0.750. The molecule has 0 radical (unpaired) electrons. The van der Waals surface area contributed by atoms with Gasteiger partial charge in [-0.2, -0.15) is 0 Å². The Morgan fingerprint density at radius 1 is 0.412 bits per heavy atom. The van der Waals surface area contributed by atoms with E-state index in [0.29, 0.717) is 6.61 Å². The molecule has 0 aliphatic carbocycles. The number of nitrogens with two attached hydrogens (primary N) is 1. The molecule has 0 aromatic heterocycles. The van der Waals surface area contributed by atoms with E-state index in [0.717, 1.165) is 43.6 Å².